The number of carbonyl (C=O) groups is 1. The molecule has 1 atom stereocenters. The summed E-state index contributed by atoms with van der Waals surface area (Å²) < 4.78 is 6.10. The molecule has 4 rings (SSSR count). The van der Waals surface area contributed by atoms with E-state index in [-0.39, 0.29) is 11.5 Å². The fraction of sp³-hybridized carbons (Fsp3) is 0.368. The van der Waals surface area contributed by atoms with Gasteiger partial charge in [0.1, 0.15) is 0 Å². The highest BCUT2D eigenvalue weighted by Crippen LogP contribution is 2.35. The van der Waals surface area contributed by atoms with Crippen LogP contribution in [0.2, 0.25) is 0 Å². The first-order valence-corrected chi connectivity index (χ1v) is 9.43. The lowest BCUT2D eigenvalue weighted by Gasteiger charge is -2.17. The molecule has 0 saturated carbocycles. The average molecular weight is 369 g/mol. The van der Waals surface area contributed by atoms with Crippen LogP contribution < -0.4 is 5.56 Å². The molecule has 2 heterocycles. The summed E-state index contributed by atoms with van der Waals surface area (Å²) in [4.78, 5) is 26.5. The van der Waals surface area contributed by atoms with Crippen LogP contribution in [0.1, 0.15) is 39.7 Å². The topological polar surface area (TPSA) is 74.1 Å². The van der Waals surface area contributed by atoms with Crippen LogP contribution in [-0.4, -0.2) is 28.1 Å². The Bertz CT molecular complexity index is 1040. The number of methoxy groups -OCH3 is 1. The molecular weight excluding hydrogens is 350 g/mol. The Balaban J connectivity index is 1.68. The molecule has 0 radical (unpaired) electrons. The van der Waals surface area contributed by atoms with Crippen molar-refractivity contribution in [1.29, 1.82) is 0 Å². The van der Waals surface area contributed by atoms with Gasteiger partial charge in [0, 0.05) is 4.88 Å². The van der Waals surface area contributed by atoms with Crippen LogP contribution in [0.25, 0.3) is 10.2 Å². The zero-order valence-electron chi connectivity index (χ0n) is 14.7. The van der Waals surface area contributed by atoms with Crippen molar-refractivity contribution in [2.24, 2.45) is 5.92 Å². The molecule has 134 valence electrons. The van der Waals surface area contributed by atoms with E-state index in [9.17, 15) is 9.59 Å². The summed E-state index contributed by atoms with van der Waals surface area (Å²) in [7, 11) is 1.35. The second-order valence-corrected chi connectivity index (χ2v) is 7.86. The summed E-state index contributed by atoms with van der Waals surface area (Å²) in [6, 6.07) is 6.97. The standard InChI is InChI=1S/C19H19N3O3S/c1-11-3-8-14-15(9-11)26-17-16(14)18(23)22(21-20-17)10-12-4-6-13(7-5-12)19(24)25-2/h4-7,11H,3,8-10H2,1-2H3/t11-/m0/s1. The maximum atomic E-state index is 13.0. The van der Waals surface area contributed by atoms with Crippen molar-refractivity contribution in [3.8, 4) is 0 Å². The molecule has 2 aromatic heterocycles. The van der Waals surface area contributed by atoms with Crippen LogP contribution >= 0.6 is 11.3 Å². The molecule has 1 aliphatic carbocycles. The van der Waals surface area contributed by atoms with Gasteiger partial charge in [0.05, 0.1) is 24.6 Å². The summed E-state index contributed by atoms with van der Waals surface area (Å²) in [6.45, 7) is 2.57. The Morgan fingerprint density at radius 3 is 2.85 bits per heavy atom. The number of thiophene rings is 1. The Labute approximate surface area is 154 Å². The van der Waals surface area contributed by atoms with Crippen molar-refractivity contribution in [3.63, 3.8) is 0 Å². The van der Waals surface area contributed by atoms with Crippen molar-refractivity contribution in [3.05, 3.63) is 56.2 Å². The lowest BCUT2D eigenvalue weighted by Crippen LogP contribution is -2.25. The third kappa shape index (κ3) is 2.92. The molecule has 1 aliphatic rings. The van der Waals surface area contributed by atoms with Gasteiger partial charge >= 0.3 is 5.97 Å². The lowest BCUT2D eigenvalue weighted by molar-refractivity contribution is 0.0600. The van der Waals surface area contributed by atoms with Crippen molar-refractivity contribution in [2.75, 3.05) is 7.11 Å². The number of nitrogens with zero attached hydrogens (tertiary/aromatic N) is 3. The molecule has 0 fully saturated rings. The van der Waals surface area contributed by atoms with Gasteiger partial charge < -0.3 is 4.74 Å². The van der Waals surface area contributed by atoms with Crippen LogP contribution in [0, 0.1) is 5.92 Å². The van der Waals surface area contributed by atoms with E-state index in [0.29, 0.717) is 18.0 Å². The number of rotatable bonds is 3. The normalized spacial score (nSPS) is 16.5. The number of hydrogen-bond donors (Lipinski definition) is 0. The maximum Gasteiger partial charge on any atom is 0.337 e. The smallest absolute Gasteiger partial charge is 0.337 e. The van der Waals surface area contributed by atoms with Gasteiger partial charge in [-0.25, -0.2) is 9.48 Å². The highest BCUT2D eigenvalue weighted by atomic mass is 32.1. The Hall–Kier alpha value is -2.54. The number of benzene rings is 1. The summed E-state index contributed by atoms with van der Waals surface area (Å²) in [5.74, 6) is 0.271. The number of esters is 1. The minimum absolute atomic E-state index is 0.0842. The monoisotopic (exact) mass is 369 g/mol. The van der Waals surface area contributed by atoms with Crippen LogP contribution in [0.4, 0.5) is 0 Å². The van der Waals surface area contributed by atoms with Gasteiger partial charge in [-0.15, -0.1) is 16.4 Å². The Morgan fingerprint density at radius 2 is 2.12 bits per heavy atom. The third-order valence-electron chi connectivity index (χ3n) is 4.89. The quantitative estimate of drug-likeness (QED) is 0.664. The summed E-state index contributed by atoms with van der Waals surface area (Å²) in [5.41, 5.74) is 2.44. The highest BCUT2D eigenvalue weighted by Gasteiger charge is 2.23. The second kappa shape index (κ2) is 6.64. The molecule has 0 aliphatic heterocycles. The minimum Gasteiger partial charge on any atom is -0.465 e. The van der Waals surface area contributed by atoms with E-state index in [2.05, 4.69) is 17.2 Å². The summed E-state index contributed by atoms with van der Waals surface area (Å²) in [6.07, 6.45) is 3.06. The molecule has 1 aromatic carbocycles. The van der Waals surface area contributed by atoms with E-state index >= 15 is 0 Å². The van der Waals surface area contributed by atoms with Gasteiger partial charge in [0.15, 0.2) is 4.83 Å². The molecule has 0 unspecified atom stereocenters. The number of aryl methyl sites for hydroxylation is 1. The first-order valence-electron chi connectivity index (χ1n) is 8.62. The number of carbonyl (C=O) groups excluding carboxylic acids is 1. The fourth-order valence-corrected chi connectivity index (χ4v) is 4.75. The predicted octanol–water partition coefficient (Wildman–Crippen LogP) is 2.81. The fourth-order valence-electron chi connectivity index (χ4n) is 3.43. The molecule has 6 nitrogen and oxygen atoms in total. The second-order valence-electron chi connectivity index (χ2n) is 6.77. The zero-order valence-corrected chi connectivity index (χ0v) is 15.5. The molecule has 3 aromatic rings. The average Bonchev–Trinajstić information content (AvgIpc) is 3.02. The van der Waals surface area contributed by atoms with E-state index in [1.807, 2.05) is 0 Å². The van der Waals surface area contributed by atoms with Gasteiger partial charge in [-0.3, -0.25) is 4.79 Å². The SMILES string of the molecule is COC(=O)c1ccc(Cn2nnc3sc4c(c3c2=O)CC[C@H](C)C4)cc1. The van der Waals surface area contributed by atoms with Gasteiger partial charge in [-0.2, -0.15) is 0 Å². The first-order chi connectivity index (χ1) is 12.6. The van der Waals surface area contributed by atoms with E-state index in [1.54, 1.807) is 35.6 Å². The molecule has 0 amide bonds. The number of hydrogen-bond acceptors (Lipinski definition) is 6. The van der Waals surface area contributed by atoms with Crippen molar-refractivity contribution < 1.29 is 9.53 Å². The van der Waals surface area contributed by atoms with E-state index < -0.39 is 0 Å². The van der Waals surface area contributed by atoms with Crippen molar-refractivity contribution in [2.45, 2.75) is 32.7 Å². The van der Waals surface area contributed by atoms with Gasteiger partial charge in [-0.05, 0) is 48.4 Å². The Kier molecular flexibility index (Phi) is 4.32. The number of ether oxygens (including phenoxy) is 1. The third-order valence-corrected chi connectivity index (χ3v) is 6.03. The first kappa shape index (κ1) is 16.9. The van der Waals surface area contributed by atoms with Crippen LogP contribution in [-0.2, 0) is 24.1 Å². The maximum absolute atomic E-state index is 13.0. The minimum atomic E-state index is -0.381. The van der Waals surface area contributed by atoms with Gasteiger partial charge in [0.2, 0.25) is 0 Å². The van der Waals surface area contributed by atoms with Crippen LogP contribution in [0.5, 0.6) is 0 Å². The van der Waals surface area contributed by atoms with E-state index in [0.717, 1.165) is 40.6 Å². The molecule has 7 heteroatoms. The summed E-state index contributed by atoms with van der Waals surface area (Å²) in [5, 5.41) is 9.13. The molecule has 0 bridgehead atoms. The summed E-state index contributed by atoms with van der Waals surface area (Å²) >= 11 is 1.60. The zero-order chi connectivity index (χ0) is 18.3. The Morgan fingerprint density at radius 1 is 1.35 bits per heavy atom. The number of aromatic nitrogens is 3. The van der Waals surface area contributed by atoms with Crippen LogP contribution in [0.15, 0.2) is 29.1 Å². The van der Waals surface area contributed by atoms with Gasteiger partial charge in [0.25, 0.3) is 5.56 Å². The van der Waals surface area contributed by atoms with Gasteiger partial charge in [-0.1, -0.05) is 24.3 Å². The molecule has 0 N–H and O–H groups in total. The molecule has 0 spiro atoms. The van der Waals surface area contributed by atoms with E-state index in [4.69, 9.17) is 4.74 Å². The molecule has 0 saturated heterocycles. The van der Waals surface area contributed by atoms with Crippen LogP contribution in [0.3, 0.4) is 0 Å². The molecular formula is C19H19N3O3S. The largest absolute Gasteiger partial charge is 0.465 e. The lowest BCUT2D eigenvalue weighted by atomic mass is 9.89. The van der Waals surface area contributed by atoms with E-state index in [1.165, 1.54) is 16.7 Å². The van der Waals surface area contributed by atoms with Crippen molar-refractivity contribution >= 4 is 27.5 Å². The molecule has 26 heavy (non-hydrogen) atoms. The number of fused-ring (bicyclic) bond motifs is 3. The van der Waals surface area contributed by atoms with Crippen molar-refractivity contribution in [1.82, 2.24) is 15.0 Å². The predicted molar refractivity (Wildman–Crippen MR) is 99.7 cm³/mol. The highest BCUT2D eigenvalue weighted by molar-refractivity contribution is 7.18.